The third-order valence-corrected chi connectivity index (χ3v) is 5.30. The fourth-order valence-electron chi connectivity index (χ4n) is 4.12. The highest BCUT2D eigenvalue weighted by atomic mass is 16.3. The molecule has 0 radical (unpaired) electrons. The second-order valence-electron chi connectivity index (χ2n) is 7.21. The van der Waals surface area contributed by atoms with Crippen molar-refractivity contribution < 1.29 is 9.90 Å². The normalized spacial score (nSPS) is 22.4. The smallest absolute Gasteiger partial charge is 0.230 e. The number of hydrogen-bond donors (Lipinski definition) is 2. The Bertz CT molecular complexity index is 1010. The van der Waals surface area contributed by atoms with E-state index in [1.807, 2.05) is 41.8 Å². The van der Waals surface area contributed by atoms with E-state index in [2.05, 4.69) is 15.3 Å². The SMILES string of the molecule is Cc1cc2nc(N3CC4(CC(O)CNC4=O)C3)c3ccccc3n2n1. The van der Waals surface area contributed by atoms with Crippen LogP contribution in [-0.2, 0) is 4.79 Å². The van der Waals surface area contributed by atoms with Gasteiger partial charge in [0.2, 0.25) is 5.91 Å². The molecular weight excluding hydrogens is 318 g/mol. The van der Waals surface area contributed by atoms with Crippen LogP contribution in [0.5, 0.6) is 0 Å². The zero-order chi connectivity index (χ0) is 17.2. The Kier molecular flexibility index (Phi) is 2.88. The summed E-state index contributed by atoms with van der Waals surface area (Å²) in [5.74, 6) is 0.918. The Morgan fingerprint density at radius 2 is 2.12 bits per heavy atom. The third-order valence-electron chi connectivity index (χ3n) is 5.30. The van der Waals surface area contributed by atoms with E-state index in [9.17, 15) is 9.90 Å². The molecule has 0 saturated carbocycles. The fourth-order valence-corrected chi connectivity index (χ4v) is 4.12. The minimum Gasteiger partial charge on any atom is -0.391 e. The minimum absolute atomic E-state index is 0.0413. The van der Waals surface area contributed by atoms with Crippen molar-refractivity contribution in [3.8, 4) is 0 Å². The van der Waals surface area contributed by atoms with Crippen LogP contribution in [0.1, 0.15) is 12.1 Å². The van der Waals surface area contributed by atoms with Crippen LogP contribution in [0, 0.1) is 12.3 Å². The molecule has 2 aromatic heterocycles. The molecule has 128 valence electrons. The van der Waals surface area contributed by atoms with Crippen LogP contribution in [-0.4, -0.2) is 51.4 Å². The van der Waals surface area contributed by atoms with Crippen LogP contribution in [0.2, 0.25) is 0 Å². The van der Waals surface area contributed by atoms with Crippen molar-refractivity contribution in [1.29, 1.82) is 0 Å². The lowest BCUT2D eigenvalue weighted by Crippen LogP contribution is -2.68. The summed E-state index contributed by atoms with van der Waals surface area (Å²) in [6, 6.07) is 10.0. The second-order valence-corrected chi connectivity index (χ2v) is 7.21. The lowest BCUT2D eigenvalue weighted by Gasteiger charge is -2.52. The van der Waals surface area contributed by atoms with Crippen LogP contribution >= 0.6 is 0 Å². The average molecular weight is 337 g/mol. The molecule has 3 aromatic rings. The van der Waals surface area contributed by atoms with Crippen LogP contribution < -0.4 is 10.2 Å². The van der Waals surface area contributed by atoms with Gasteiger partial charge in [-0.25, -0.2) is 9.50 Å². The molecule has 1 spiro atoms. The number of aliphatic hydroxyl groups is 1. The molecule has 0 bridgehead atoms. The highest BCUT2D eigenvalue weighted by molar-refractivity contribution is 5.94. The zero-order valence-corrected chi connectivity index (χ0v) is 13.9. The molecule has 2 saturated heterocycles. The summed E-state index contributed by atoms with van der Waals surface area (Å²) in [6.07, 6.45) is 0.0471. The molecule has 2 fully saturated rings. The number of aliphatic hydroxyl groups excluding tert-OH is 1. The number of rotatable bonds is 1. The number of carbonyl (C=O) groups excluding carboxylic acids is 1. The van der Waals surface area contributed by atoms with Gasteiger partial charge in [0.1, 0.15) is 5.82 Å². The van der Waals surface area contributed by atoms with Crippen LogP contribution in [0.3, 0.4) is 0 Å². The summed E-state index contributed by atoms with van der Waals surface area (Å²) in [5, 5.41) is 18.3. The summed E-state index contributed by atoms with van der Waals surface area (Å²) in [7, 11) is 0. The number of aromatic nitrogens is 3. The van der Waals surface area contributed by atoms with Crippen molar-refractivity contribution >= 4 is 28.3 Å². The standard InChI is InChI=1S/C18H19N5O2/c1-11-6-15-20-16(13-4-2-3-5-14(13)23(15)21-11)22-9-18(10-22)7-12(24)8-19-17(18)25/h2-6,12,24H,7-10H2,1H3,(H,19,25). The van der Waals surface area contributed by atoms with Gasteiger partial charge < -0.3 is 15.3 Å². The predicted molar refractivity (Wildman–Crippen MR) is 93.5 cm³/mol. The Morgan fingerprint density at radius 3 is 2.96 bits per heavy atom. The van der Waals surface area contributed by atoms with Gasteiger partial charge in [0, 0.05) is 31.1 Å². The van der Waals surface area contributed by atoms with Crippen LogP contribution in [0.25, 0.3) is 16.6 Å². The number of nitrogens with one attached hydrogen (secondary N) is 1. The lowest BCUT2D eigenvalue weighted by atomic mass is 9.72. The summed E-state index contributed by atoms with van der Waals surface area (Å²) in [5.41, 5.74) is 2.23. The van der Waals surface area contributed by atoms with E-state index in [-0.39, 0.29) is 5.91 Å². The molecule has 1 aromatic carbocycles. The fraction of sp³-hybridized carbons (Fsp3) is 0.389. The number of aryl methyl sites for hydroxylation is 1. The topological polar surface area (TPSA) is 82.8 Å². The van der Waals surface area contributed by atoms with E-state index in [4.69, 9.17) is 4.98 Å². The van der Waals surface area contributed by atoms with E-state index in [1.54, 1.807) is 0 Å². The number of nitrogens with zero attached hydrogens (tertiary/aromatic N) is 4. The maximum absolute atomic E-state index is 12.3. The molecular formula is C18H19N5O2. The van der Waals surface area contributed by atoms with Gasteiger partial charge in [0.15, 0.2) is 5.65 Å². The number of fused-ring (bicyclic) bond motifs is 3. The molecule has 4 heterocycles. The maximum atomic E-state index is 12.3. The number of piperidine rings is 1. The number of anilines is 1. The van der Waals surface area contributed by atoms with Gasteiger partial charge in [-0.1, -0.05) is 12.1 Å². The molecule has 2 N–H and O–H groups in total. The molecule has 7 nitrogen and oxygen atoms in total. The molecule has 2 aliphatic heterocycles. The monoisotopic (exact) mass is 337 g/mol. The van der Waals surface area contributed by atoms with Crippen molar-refractivity contribution in [2.45, 2.75) is 19.4 Å². The summed E-state index contributed by atoms with van der Waals surface area (Å²) in [6.45, 7) is 3.46. The first-order chi connectivity index (χ1) is 12.1. The van der Waals surface area contributed by atoms with Crippen LogP contribution in [0.15, 0.2) is 30.3 Å². The zero-order valence-electron chi connectivity index (χ0n) is 13.9. The van der Waals surface area contributed by atoms with E-state index >= 15 is 0 Å². The lowest BCUT2D eigenvalue weighted by molar-refractivity contribution is -0.139. The average Bonchev–Trinajstić information content (AvgIpc) is 2.95. The molecule has 25 heavy (non-hydrogen) atoms. The van der Waals surface area contributed by atoms with Gasteiger partial charge in [-0.05, 0) is 25.5 Å². The maximum Gasteiger partial charge on any atom is 0.230 e. The molecule has 2 aliphatic rings. The van der Waals surface area contributed by atoms with Gasteiger partial charge >= 0.3 is 0 Å². The largest absolute Gasteiger partial charge is 0.391 e. The number of amides is 1. The summed E-state index contributed by atoms with van der Waals surface area (Å²) < 4.78 is 1.86. The molecule has 1 amide bonds. The van der Waals surface area contributed by atoms with Crippen molar-refractivity contribution in [3.63, 3.8) is 0 Å². The first-order valence-corrected chi connectivity index (χ1v) is 8.52. The van der Waals surface area contributed by atoms with Crippen LogP contribution in [0.4, 0.5) is 5.82 Å². The van der Waals surface area contributed by atoms with Gasteiger partial charge in [-0.2, -0.15) is 5.10 Å². The number of carbonyl (C=O) groups is 1. The van der Waals surface area contributed by atoms with Gasteiger partial charge in [-0.3, -0.25) is 4.79 Å². The van der Waals surface area contributed by atoms with E-state index < -0.39 is 11.5 Å². The highest BCUT2D eigenvalue weighted by Gasteiger charge is 2.52. The number of benzene rings is 1. The summed E-state index contributed by atoms with van der Waals surface area (Å²) in [4.78, 5) is 19.2. The Hall–Kier alpha value is -2.67. The number of hydrogen-bond acceptors (Lipinski definition) is 5. The van der Waals surface area contributed by atoms with Crippen molar-refractivity contribution in [2.24, 2.45) is 5.41 Å². The van der Waals surface area contributed by atoms with E-state index in [1.165, 1.54) is 0 Å². The van der Waals surface area contributed by atoms with E-state index in [0.29, 0.717) is 26.1 Å². The Balaban J connectivity index is 1.58. The molecule has 1 unspecified atom stereocenters. The van der Waals surface area contributed by atoms with Crippen molar-refractivity contribution in [3.05, 3.63) is 36.0 Å². The summed E-state index contributed by atoms with van der Waals surface area (Å²) >= 11 is 0. The predicted octanol–water partition coefficient (Wildman–Crippen LogP) is 0.878. The molecule has 5 rings (SSSR count). The third kappa shape index (κ3) is 2.05. The Labute approximate surface area is 144 Å². The van der Waals surface area contributed by atoms with Gasteiger partial charge in [0.25, 0.3) is 0 Å². The number of β-amino-alcohol motifs (C(OH)–C–C–N with tert-alkyl or cyclic N) is 1. The second kappa shape index (κ2) is 4.92. The Morgan fingerprint density at radius 1 is 1.32 bits per heavy atom. The van der Waals surface area contributed by atoms with E-state index in [0.717, 1.165) is 28.1 Å². The van der Waals surface area contributed by atoms with Crippen molar-refractivity contribution in [2.75, 3.05) is 24.5 Å². The molecule has 0 aliphatic carbocycles. The minimum atomic E-state index is -0.497. The quantitative estimate of drug-likeness (QED) is 0.689. The highest BCUT2D eigenvalue weighted by Crippen LogP contribution is 2.41. The first kappa shape index (κ1) is 14.7. The molecule has 1 atom stereocenters. The molecule has 7 heteroatoms. The van der Waals surface area contributed by atoms with Gasteiger partial charge in [0.05, 0.1) is 22.7 Å². The van der Waals surface area contributed by atoms with Crippen molar-refractivity contribution in [1.82, 2.24) is 19.9 Å². The van der Waals surface area contributed by atoms with Gasteiger partial charge in [-0.15, -0.1) is 0 Å². The number of para-hydroxylation sites is 1. The first-order valence-electron chi connectivity index (χ1n) is 8.52.